The molecule has 31 heavy (non-hydrogen) atoms. The molecule has 7 heteroatoms. The Balaban J connectivity index is 1.44. The number of thioether (sulfide) groups is 1. The number of aromatic nitrogens is 3. The van der Waals surface area contributed by atoms with E-state index in [9.17, 15) is 4.79 Å². The average molecular weight is 468 g/mol. The van der Waals surface area contributed by atoms with Crippen LogP contribution in [0.1, 0.15) is 48.7 Å². The molecule has 4 nitrogen and oxygen atoms in total. The van der Waals surface area contributed by atoms with Crippen molar-refractivity contribution < 1.29 is 0 Å². The van der Waals surface area contributed by atoms with Gasteiger partial charge in [-0.3, -0.25) is 9.36 Å². The highest BCUT2D eigenvalue weighted by molar-refractivity contribution is 7.98. The molecule has 0 radical (unpaired) electrons. The van der Waals surface area contributed by atoms with Gasteiger partial charge < -0.3 is 0 Å². The van der Waals surface area contributed by atoms with E-state index < -0.39 is 0 Å². The first-order valence-electron chi connectivity index (χ1n) is 10.9. The fourth-order valence-electron chi connectivity index (χ4n) is 4.11. The monoisotopic (exact) mass is 467 g/mol. The molecule has 0 unspecified atom stereocenters. The summed E-state index contributed by atoms with van der Waals surface area (Å²) in [5.74, 6) is 0.722. The third-order valence-electron chi connectivity index (χ3n) is 5.70. The molecule has 0 saturated carbocycles. The number of thiophene rings is 1. The van der Waals surface area contributed by atoms with Gasteiger partial charge in [-0.1, -0.05) is 61.9 Å². The zero-order valence-corrected chi connectivity index (χ0v) is 20.0. The summed E-state index contributed by atoms with van der Waals surface area (Å²) in [7, 11) is 0. The highest BCUT2D eigenvalue weighted by Crippen LogP contribution is 2.36. The van der Waals surface area contributed by atoms with Gasteiger partial charge in [0.05, 0.1) is 11.1 Å². The van der Waals surface area contributed by atoms with Gasteiger partial charge in [-0.2, -0.15) is 0 Å². The summed E-state index contributed by atoms with van der Waals surface area (Å²) >= 11 is 5.03. The Kier molecular flexibility index (Phi) is 6.25. The van der Waals surface area contributed by atoms with E-state index in [0.717, 1.165) is 82.5 Å². The van der Waals surface area contributed by atoms with Gasteiger partial charge in [-0.25, -0.2) is 9.97 Å². The molecule has 0 fully saturated rings. The van der Waals surface area contributed by atoms with E-state index in [4.69, 9.17) is 9.97 Å². The number of hydrogen-bond acceptors (Lipinski definition) is 6. The lowest BCUT2D eigenvalue weighted by Crippen LogP contribution is -2.23. The van der Waals surface area contributed by atoms with Crippen LogP contribution in [0, 0.1) is 0 Å². The molecule has 0 bridgehead atoms. The second kappa shape index (κ2) is 9.27. The summed E-state index contributed by atoms with van der Waals surface area (Å²) in [5, 5.41) is 4.88. The summed E-state index contributed by atoms with van der Waals surface area (Å²) in [6, 6.07) is 10.3. The second-order valence-electron chi connectivity index (χ2n) is 7.89. The van der Waals surface area contributed by atoms with Crippen LogP contribution in [0.5, 0.6) is 0 Å². The quantitative estimate of drug-likeness (QED) is 0.167. The van der Waals surface area contributed by atoms with Gasteiger partial charge in [-0.15, -0.1) is 22.7 Å². The zero-order valence-electron chi connectivity index (χ0n) is 17.6. The Morgan fingerprint density at radius 3 is 2.84 bits per heavy atom. The molecule has 0 saturated heterocycles. The van der Waals surface area contributed by atoms with Gasteiger partial charge in [-0.05, 0) is 31.2 Å². The normalized spacial score (nSPS) is 13.2. The zero-order chi connectivity index (χ0) is 21.2. The van der Waals surface area contributed by atoms with Crippen LogP contribution >= 0.6 is 34.4 Å². The van der Waals surface area contributed by atoms with Crippen LogP contribution in [0.2, 0.25) is 0 Å². The minimum absolute atomic E-state index is 0.159. The topological polar surface area (TPSA) is 47.8 Å². The van der Waals surface area contributed by atoms with Crippen molar-refractivity contribution in [2.45, 2.75) is 62.9 Å². The van der Waals surface area contributed by atoms with Gasteiger partial charge >= 0.3 is 0 Å². The van der Waals surface area contributed by atoms with Gasteiger partial charge in [0.15, 0.2) is 5.16 Å². The van der Waals surface area contributed by atoms with Crippen molar-refractivity contribution >= 4 is 44.7 Å². The van der Waals surface area contributed by atoms with E-state index in [2.05, 4.69) is 24.4 Å². The molecule has 1 aliphatic carbocycles. The van der Waals surface area contributed by atoms with Crippen molar-refractivity contribution in [3.05, 3.63) is 62.2 Å². The number of rotatable bonds is 8. The van der Waals surface area contributed by atoms with Crippen LogP contribution in [0.25, 0.3) is 20.8 Å². The predicted molar refractivity (Wildman–Crippen MR) is 133 cm³/mol. The van der Waals surface area contributed by atoms with Crippen molar-refractivity contribution in [3.8, 4) is 10.6 Å². The highest BCUT2D eigenvalue weighted by atomic mass is 32.2. The van der Waals surface area contributed by atoms with E-state index in [1.165, 1.54) is 10.4 Å². The average Bonchev–Trinajstić information content (AvgIpc) is 3.50. The number of unbranched alkanes of at least 4 members (excludes halogenated alkanes) is 2. The van der Waals surface area contributed by atoms with E-state index in [-0.39, 0.29) is 5.56 Å². The van der Waals surface area contributed by atoms with Crippen LogP contribution in [0.3, 0.4) is 0 Å². The fourth-order valence-corrected chi connectivity index (χ4v) is 7.26. The molecular formula is C24H25N3OS3. The van der Waals surface area contributed by atoms with Crippen molar-refractivity contribution in [3.63, 3.8) is 0 Å². The number of hydrogen-bond donors (Lipinski definition) is 0. The van der Waals surface area contributed by atoms with E-state index in [1.807, 2.05) is 22.8 Å². The SMILES string of the molecule is CCCCCn1c(SCc2csc(-c3ccccc3)n2)nc2sc3c(c2c1=O)CCC3. The van der Waals surface area contributed by atoms with Gasteiger partial charge in [0.1, 0.15) is 9.84 Å². The molecule has 0 amide bonds. The first-order chi connectivity index (χ1) is 15.2. The summed E-state index contributed by atoms with van der Waals surface area (Å²) in [6.07, 6.45) is 6.56. The summed E-state index contributed by atoms with van der Waals surface area (Å²) in [5.41, 5.74) is 3.61. The number of nitrogens with zero attached hydrogens (tertiary/aromatic N) is 3. The molecule has 160 valence electrons. The van der Waals surface area contributed by atoms with Crippen LogP contribution in [0.4, 0.5) is 0 Å². The van der Waals surface area contributed by atoms with Crippen LogP contribution in [-0.4, -0.2) is 14.5 Å². The molecule has 3 aromatic heterocycles. The summed E-state index contributed by atoms with van der Waals surface area (Å²) < 4.78 is 1.93. The smallest absolute Gasteiger partial charge is 0.263 e. The van der Waals surface area contributed by atoms with Gasteiger partial charge in [0, 0.05) is 28.1 Å². The Bertz CT molecular complexity index is 1260. The van der Waals surface area contributed by atoms with Gasteiger partial charge in [0.25, 0.3) is 5.56 Å². The molecule has 0 N–H and O–H groups in total. The largest absolute Gasteiger partial charge is 0.287 e. The molecular weight excluding hydrogens is 442 g/mol. The van der Waals surface area contributed by atoms with Crippen LogP contribution < -0.4 is 5.56 Å². The van der Waals surface area contributed by atoms with Crippen molar-refractivity contribution in [2.75, 3.05) is 0 Å². The number of fused-ring (bicyclic) bond motifs is 3. The Morgan fingerprint density at radius 2 is 2.00 bits per heavy atom. The standard InChI is InChI=1S/C24H25N3OS3/c1-2-3-7-13-27-23(28)20-18-11-8-12-19(18)31-22(20)26-24(27)30-15-17-14-29-21(25-17)16-9-5-4-6-10-16/h4-6,9-10,14H,2-3,7-8,11-13,15H2,1H3. The van der Waals surface area contributed by atoms with Crippen molar-refractivity contribution in [1.29, 1.82) is 0 Å². The van der Waals surface area contributed by atoms with Crippen LogP contribution in [0.15, 0.2) is 45.7 Å². The summed E-state index contributed by atoms with van der Waals surface area (Å²) in [4.78, 5) is 25.5. The fraction of sp³-hybridized carbons (Fsp3) is 0.375. The lowest BCUT2D eigenvalue weighted by Gasteiger charge is -2.12. The Morgan fingerprint density at radius 1 is 1.13 bits per heavy atom. The molecule has 4 aromatic rings. The number of aryl methyl sites for hydroxylation is 2. The van der Waals surface area contributed by atoms with E-state index in [0.29, 0.717) is 0 Å². The second-order valence-corrected chi connectivity index (χ2v) is 10.8. The van der Waals surface area contributed by atoms with Crippen LogP contribution in [-0.2, 0) is 25.1 Å². The predicted octanol–water partition coefficient (Wildman–Crippen LogP) is 6.55. The first kappa shape index (κ1) is 20.9. The Hall–Kier alpha value is -1.96. The van der Waals surface area contributed by atoms with E-state index in [1.54, 1.807) is 34.4 Å². The molecule has 0 atom stereocenters. The minimum atomic E-state index is 0.159. The Labute approximate surface area is 194 Å². The third-order valence-corrected chi connectivity index (χ3v) is 8.83. The van der Waals surface area contributed by atoms with Gasteiger partial charge in [0.2, 0.25) is 0 Å². The third kappa shape index (κ3) is 4.23. The number of thiazole rings is 1. The maximum absolute atomic E-state index is 13.5. The molecule has 1 aliphatic rings. The maximum Gasteiger partial charge on any atom is 0.263 e. The van der Waals surface area contributed by atoms with Crippen molar-refractivity contribution in [1.82, 2.24) is 14.5 Å². The maximum atomic E-state index is 13.5. The highest BCUT2D eigenvalue weighted by Gasteiger charge is 2.23. The molecule has 0 aliphatic heterocycles. The number of benzene rings is 1. The lowest BCUT2D eigenvalue weighted by molar-refractivity contribution is 0.542. The lowest BCUT2D eigenvalue weighted by atomic mass is 10.2. The molecule has 1 aromatic carbocycles. The van der Waals surface area contributed by atoms with E-state index >= 15 is 0 Å². The van der Waals surface area contributed by atoms with Crippen molar-refractivity contribution in [2.24, 2.45) is 0 Å². The first-order valence-corrected chi connectivity index (χ1v) is 13.6. The molecule has 3 heterocycles. The summed E-state index contributed by atoms with van der Waals surface area (Å²) in [6.45, 7) is 2.94. The molecule has 5 rings (SSSR count). The minimum Gasteiger partial charge on any atom is -0.287 e. The molecule has 0 spiro atoms.